The van der Waals surface area contributed by atoms with Gasteiger partial charge in [0.2, 0.25) is 11.7 Å². The second-order valence-corrected chi connectivity index (χ2v) is 11.2. The number of ether oxygens (including phenoxy) is 3. The minimum absolute atomic E-state index is 0.0279. The van der Waals surface area contributed by atoms with Gasteiger partial charge in [0, 0.05) is 45.1 Å². The predicted octanol–water partition coefficient (Wildman–Crippen LogP) is 5.78. The van der Waals surface area contributed by atoms with Gasteiger partial charge in [-0.25, -0.2) is 4.79 Å². The van der Waals surface area contributed by atoms with Crippen LogP contribution in [-0.4, -0.2) is 41.4 Å². The summed E-state index contributed by atoms with van der Waals surface area (Å²) in [5.74, 6) is 0.621. The molecule has 2 aromatic rings. The van der Waals surface area contributed by atoms with Crippen LogP contribution < -0.4 is 10.1 Å². The number of likely N-dealkylation sites (tertiary alicyclic amines) is 1. The highest BCUT2D eigenvalue weighted by Gasteiger charge is 2.27. The molecule has 1 fully saturated rings. The standard InChI is InChI=1S/C30H38N2O5/c1-29(2,3)37-28(34)31-19-22-7-6-8-24(18-22)23-13-15-32(16-14-23)27(33)12-10-21-9-11-26-25(17-21)20-35-30(4,5)36-26/h6-12,17-18,23H,13-16,19-20H2,1-5H3,(H,31,34)/b12-10+. The third-order valence-corrected chi connectivity index (χ3v) is 6.50. The number of benzene rings is 2. The molecule has 0 unspecified atom stereocenters. The Bertz CT molecular complexity index is 1160. The monoisotopic (exact) mass is 506 g/mol. The molecule has 0 aliphatic carbocycles. The van der Waals surface area contributed by atoms with Gasteiger partial charge in [-0.1, -0.05) is 30.3 Å². The molecule has 2 aliphatic heterocycles. The highest BCUT2D eigenvalue weighted by atomic mass is 16.7. The maximum Gasteiger partial charge on any atom is 0.407 e. The van der Waals surface area contributed by atoms with Gasteiger partial charge in [0.1, 0.15) is 11.4 Å². The first-order valence-electron chi connectivity index (χ1n) is 13.0. The van der Waals surface area contributed by atoms with Gasteiger partial charge in [-0.05, 0) is 74.4 Å². The summed E-state index contributed by atoms with van der Waals surface area (Å²) in [7, 11) is 0. The summed E-state index contributed by atoms with van der Waals surface area (Å²) in [6.45, 7) is 11.7. The first-order valence-corrected chi connectivity index (χ1v) is 13.0. The molecule has 0 bridgehead atoms. The summed E-state index contributed by atoms with van der Waals surface area (Å²) in [6.07, 6.45) is 4.91. The van der Waals surface area contributed by atoms with Crippen LogP contribution in [-0.2, 0) is 27.4 Å². The highest BCUT2D eigenvalue weighted by Crippen LogP contribution is 2.32. The van der Waals surface area contributed by atoms with Gasteiger partial charge in [-0.15, -0.1) is 0 Å². The number of carbonyl (C=O) groups is 2. The Morgan fingerprint density at radius 2 is 1.89 bits per heavy atom. The third-order valence-electron chi connectivity index (χ3n) is 6.50. The van der Waals surface area contributed by atoms with Gasteiger partial charge >= 0.3 is 6.09 Å². The van der Waals surface area contributed by atoms with Gasteiger partial charge in [0.25, 0.3) is 0 Å². The summed E-state index contributed by atoms with van der Waals surface area (Å²) < 4.78 is 16.9. The molecule has 198 valence electrons. The Kier molecular flexibility index (Phi) is 7.93. The van der Waals surface area contributed by atoms with Crippen LogP contribution in [0, 0.1) is 0 Å². The summed E-state index contributed by atoms with van der Waals surface area (Å²) in [5, 5.41) is 2.82. The number of hydrogen-bond donors (Lipinski definition) is 1. The van der Waals surface area contributed by atoms with E-state index in [9.17, 15) is 9.59 Å². The van der Waals surface area contributed by atoms with Crippen molar-refractivity contribution in [1.82, 2.24) is 10.2 Å². The molecule has 7 nitrogen and oxygen atoms in total. The topological polar surface area (TPSA) is 77.1 Å². The van der Waals surface area contributed by atoms with E-state index in [0.29, 0.717) is 19.1 Å². The van der Waals surface area contributed by atoms with Crippen molar-refractivity contribution in [2.24, 2.45) is 0 Å². The zero-order valence-electron chi connectivity index (χ0n) is 22.5. The third kappa shape index (κ3) is 7.59. The molecule has 2 aromatic carbocycles. The normalized spacial score (nSPS) is 17.7. The second kappa shape index (κ2) is 11.0. The molecule has 0 spiro atoms. The van der Waals surface area contributed by atoms with Crippen molar-refractivity contribution in [3.8, 4) is 5.75 Å². The lowest BCUT2D eigenvalue weighted by atomic mass is 9.88. The largest absolute Gasteiger partial charge is 0.463 e. The summed E-state index contributed by atoms with van der Waals surface area (Å²) in [4.78, 5) is 26.7. The van der Waals surface area contributed by atoms with E-state index in [4.69, 9.17) is 14.2 Å². The Labute approximate surface area is 219 Å². The molecular formula is C30H38N2O5. The van der Waals surface area contributed by atoms with Crippen LogP contribution >= 0.6 is 0 Å². The number of rotatable bonds is 5. The van der Waals surface area contributed by atoms with Crippen molar-refractivity contribution in [3.63, 3.8) is 0 Å². The number of amides is 2. The van der Waals surface area contributed by atoms with E-state index < -0.39 is 17.5 Å². The number of carbonyl (C=O) groups excluding carboxylic acids is 2. The van der Waals surface area contributed by atoms with E-state index in [-0.39, 0.29) is 5.91 Å². The Morgan fingerprint density at radius 1 is 1.14 bits per heavy atom. The fourth-order valence-electron chi connectivity index (χ4n) is 4.61. The van der Waals surface area contributed by atoms with Gasteiger partial charge < -0.3 is 24.4 Å². The molecule has 0 saturated carbocycles. The molecule has 1 N–H and O–H groups in total. The molecule has 7 heteroatoms. The molecule has 2 amide bonds. The van der Waals surface area contributed by atoms with Gasteiger partial charge in [0.05, 0.1) is 6.61 Å². The average molecular weight is 507 g/mol. The lowest BCUT2D eigenvalue weighted by Gasteiger charge is -2.32. The van der Waals surface area contributed by atoms with Crippen molar-refractivity contribution in [3.05, 3.63) is 70.8 Å². The zero-order chi connectivity index (χ0) is 26.6. The van der Waals surface area contributed by atoms with Crippen LogP contribution in [0.1, 0.15) is 75.6 Å². The Balaban J connectivity index is 1.28. The van der Waals surface area contributed by atoms with E-state index in [1.807, 2.05) is 75.9 Å². The maximum absolute atomic E-state index is 12.8. The van der Waals surface area contributed by atoms with E-state index in [0.717, 1.165) is 48.4 Å². The molecule has 37 heavy (non-hydrogen) atoms. The molecule has 2 heterocycles. The molecule has 0 aromatic heterocycles. The number of fused-ring (bicyclic) bond motifs is 1. The van der Waals surface area contributed by atoms with E-state index >= 15 is 0 Å². The number of nitrogens with zero attached hydrogens (tertiary/aromatic N) is 1. The number of nitrogens with one attached hydrogen (secondary N) is 1. The molecular weight excluding hydrogens is 468 g/mol. The van der Waals surface area contributed by atoms with Crippen LogP contribution in [0.3, 0.4) is 0 Å². The van der Waals surface area contributed by atoms with Crippen molar-refractivity contribution >= 4 is 18.1 Å². The van der Waals surface area contributed by atoms with Gasteiger partial charge in [-0.2, -0.15) is 0 Å². The number of hydrogen-bond acceptors (Lipinski definition) is 5. The summed E-state index contributed by atoms with van der Waals surface area (Å²) >= 11 is 0. The molecule has 4 rings (SSSR count). The lowest BCUT2D eigenvalue weighted by molar-refractivity contribution is -0.180. The van der Waals surface area contributed by atoms with Gasteiger partial charge in [-0.3, -0.25) is 4.79 Å². The van der Waals surface area contributed by atoms with Crippen molar-refractivity contribution in [1.29, 1.82) is 0 Å². The highest BCUT2D eigenvalue weighted by molar-refractivity contribution is 5.91. The fraction of sp³-hybridized carbons (Fsp3) is 0.467. The molecule has 0 radical (unpaired) electrons. The lowest BCUT2D eigenvalue weighted by Crippen LogP contribution is -2.37. The molecule has 0 atom stereocenters. The van der Waals surface area contributed by atoms with Crippen molar-refractivity contribution in [2.45, 2.75) is 77.9 Å². The zero-order valence-corrected chi connectivity index (χ0v) is 22.5. The summed E-state index contributed by atoms with van der Waals surface area (Å²) in [5.41, 5.74) is 3.69. The second-order valence-electron chi connectivity index (χ2n) is 11.2. The number of piperidine rings is 1. The minimum Gasteiger partial charge on any atom is -0.463 e. The molecule has 1 saturated heterocycles. The van der Waals surface area contributed by atoms with Crippen LogP contribution in [0.5, 0.6) is 5.75 Å². The minimum atomic E-state index is -0.620. The molecule has 2 aliphatic rings. The van der Waals surface area contributed by atoms with Gasteiger partial charge in [0.15, 0.2) is 0 Å². The Hall–Kier alpha value is -3.32. The first-order chi connectivity index (χ1) is 17.5. The summed E-state index contributed by atoms with van der Waals surface area (Å²) in [6, 6.07) is 14.2. The Morgan fingerprint density at radius 3 is 2.62 bits per heavy atom. The van der Waals surface area contributed by atoms with Crippen molar-refractivity contribution < 1.29 is 23.8 Å². The number of alkyl carbamates (subject to hydrolysis) is 1. The average Bonchev–Trinajstić information content (AvgIpc) is 2.85. The van der Waals surface area contributed by atoms with Crippen LogP contribution in [0.2, 0.25) is 0 Å². The van der Waals surface area contributed by atoms with E-state index in [1.54, 1.807) is 6.08 Å². The van der Waals surface area contributed by atoms with E-state index in [2.05, 4.69) is 17.4 Å². The van der Waals surface area contributed by atoms with Crippen LogP contribution in [0.15, 0.2) is 48.5 Å². The van der Waals surface area contributed by atoms with Crippen molar-refractivity contribution in [2.75, 3.05) is 13.1 Å². The first kappa shape index (κ1) is 26.7. The fourth-order valence-corrected chi connectivity index (χ4v) is 4.61. The predicted molar refractivity (Wildman–Crippen MR) is 143 cm³/mol. The maximum atomic E-state index is 12.8. The van der Waals surface area contributed by atoms with Crippen LogP contribution in [0.4, 0.5) is 4.79 Å². The SMILES string of the molecule is CC(C)(C)OC(=O)NCc1cccc(C2CCN(C(=O)/C=C/c3ccc4c(c3)COC(C)(C)O4)CC2)c1. The smallest absolute Gasteiger partial charge is 0.407 e. The van der Waals surface area contributed by atoms with E-state index in [1.165, 1.54) is 5.56 Å². The quantitative estimate of drug-likeness (QED) is 0.521. The van der Waals surface area contributed by atoms with Crippen LogP contribution in [0.25, 0.3) is 6.08 Å².